The Labute approximate surface area is 86.8 Å². The van der Waals surface area contributed by atoms with Gasteiger partial charge in [-0.25, -0.2) is 9.59 Å². The van der Waals surface area contributed by atoms with Crippen LogP contribution < -0.4 is 0 Å². The van der Waals surface area contributed by atoms with Gasteiger partial charge in [-0.2, -0.15) is 9.78 Å². The standard InChI is InChI=1S/C9H12N2O4/c1-5-7(8(12)14-3)6(2)11(10-5)9(13)15-4/h1-4H3. The van der Waals surface area contributed by atoms with Crippen LogP contribution in [0.2, 0.25) is 0 Å². The molecule has 6 heteroatoms. The predicted molar refractivity (Wildman–Crippen MR) is 50.8 cm³/mol. The molecular weight excluding hydrogens is 200 g/mol. The Balaban J connectivity index is 3.26. The van der Waals surface area contributed by atoms with Gasteiger partial charge in [0, 0.05) is 0 Å². The van der Waals surface area contributed by atoms with Gasteiger partial charge in [-0.3, -0.25) is 0 Å². The minimum atomic E-state index is -0.634. The quantitative estimate of drug-likeness (QED) is 0.647. The van der Waals surface area contributed by atoms with Crippen LogP contribution >= 0.6 is 0 Å². The van der Waals surface area contributed by atoms with Gasteiger partial charge >= 0.3 is 12.1 Å². The number of hydrogen-bond donors (Lipinski definition) is 0. The van der Waals surface area contributed by atoms with Crippen molar-refractivity contribution in [3.05, 3.63) is 17.0 Å². The van der Waals surface area contributed by atoms with E-state index in [9.17, 15) is 9.59 Å². The molecule has 1 aromatic rings. The van der Waals surface area contributed by atoms with E-state index in [1.165, 1.54) is 14.2 Å². The van der Waals surface area contributed by atoms with E-state index in [0.717, 1.165) is 4.68 Å². The molecule has 0 aliphatic carbocycles. The molecule has 6 nitrogen and oxygen atoms in total. The fourth-order valence-electron chi connectivity index (χ4n) is 1.30. The summed E-state index contributed by atoms with van der Waals surface area (Å²) in [6.07, 6.45) is -0.634. The number of ether oxygens (including phenoxy) is 2. The van der Waals surface area contributed by atoms with Gasteiger partial charge < -0.3 is 9.47 Å². The molecule has 0 aliphatic rings. The maximum Gasteiger partial charge on any atom is 0.434 e. The van der Waals surface area contributed by atoms with Gasteiger partial charge in [0.25, 0.3) is 0 Å². The first kappa shape index (κ1) is 11.2. The molecule has 0 bridgehead atoms. The monoisotopic (exact) mass is 212 g/mol. The second-order valence-electron chi connectivity index (χ2n) is 2.92. The lowest BCUT2D eigenvalue weighted by atomic mass is 10.2. The highest BCUT2D eigenvalue weighted by molar-refractivity contribution is 5.92. The third-order valence-corrected chi connectivity index (χ3v) is 2.03. The molecule has 0 aliphatic heterocycles. The van der Waals surface area contributed by atoms with Crippen molar-refractivity contribution in [1.29, 1.82) is 0 Å². The molecule has 1 rings (SSSR count). The summed E-state index contributed by atoms with van der Waals surface area (Å²) in [6, 6.07) is 0. The number of methoxy groups -OCH3 is 2. The Morgan fingerprint density at radius 3 is 2.27 bits per heavy atom. The van der Waals surface area contributed by atoms with Crippen LogP contribution in [0, 0.1) is 13.8 Å². The SMILES string of the molecule is COC(=O)c1c(C)nn(C(=O)OC)c1C. The molecule has 15 heavy (non-hydrogen) atoms. The Kier molecular flexibility index (Phi) is 3.08. The average Bonchev–Trinajstić information content (AvgIpc) is 2.52. The highest BCUT2D eigenvalue weighted by Gasteiger charge is 2.22. The number of hydrogen-bond acceptors (Lipinski definition) is 5. The van der Waals surface area contributed by atoms with E-state index >= 15 is 0 Å². The van der Waals surface area contributed by atoms with Crippen LogP contribution in [0.4, 0.5) is 4.79 Å². The highest BCUT2D eigenvalue weighted by atomic mass is 16.5. The van der Waals surface area contributed by atoms with Gasteiger partial charge in [0.15, 0.2) is 0 Å². The first-order chi connectivity index (χ1) is 7.02. The number of nitrogens with zero attached hydrogens (tertiary/aromatic N) is 2. The predicted octanol–water partition coefficient (Wildman–Crippen LogP) is 0.901. The number of rotatable bonds is 1. The molecule has 0 aromatic carbocycles. The van der Waals surface area contributed by atoms with Crippen LogP contribution in [0.1, 0.15) is 21.7 Å². The second-order valence-corrected chi connectivity index (χ2v) is 2.92. The van der Waals surface area contributed by atoms with E-state index < -0.39 is 12.1 Å². The number of aryl methyl sites for hydroxylation is 1. The largest absolute Gasteiger partial charge is 0.465 e. The summed E-state index contributed by atoms with van der Waals surface area (Å²) in [4.78, 5) is 22.6. The summed E-state index contributed by atoms with van der Waals surface area (Å²) in [5.41, 5.74) is 1.14. The van der Waals surface area contributed by atoms with Crippen LogP contribution in [0.5, 0.6) is 0 Å². The van der Waals surface area contributed by atoms with Crippen LogP contribution in [0.15, 0.2) is 0 Å². The Morgan fingerprint density at radius 1 is 1.20 bits per heavy atom. The van der Waals surface area contributed by atoms with Crippen molar-refractivity contribution in [3.8, 4) is 0 Å². The fourth-order valence-corrected chi connectivity index (χ4v) is 1.30. The summed E-state index contributed by atoms with van der Waals surface area (Å²) in [5.74, 6) is -0.514. The molecule has 0 unspecified atom stereocenters. The van der Waals surface area contributed by atoms with E-state index in [-0.39, 0.29) is 0 Å². The van der Waals surface area contributed by atoms with Crippen molar-refractivity contribution < 1.29 is 19.1 Å². The lowest BCUT2D eigenvalue weighted by molar-refractivity contribution is 0.0599. The van der Waals surface area contributed by atoms with E-state index in [1.54, 1.807) is 13.8 Å². The molecule has 1 aromatic heterocycles. The maximum atomic E-state index is 11.4. The Hall–Kier alpha value is -1.85. The van der Waals surface area contributed by atoms with Crippen LogP contribution in [0.3, 0.4) is 0 Å². The number of carbonyl (C=O) groups excluding carboxylic acids is 2. The molecular formula is C9H12N2O4. The van der Waals surface area contributed by atoms with Crippen molar-refractivity contribution in [1.82, 2.24) is 9.78 Å². The molecule has 0 saturated carbocycles. The zero-order valence-electron chi connectivity index (χ0n) is 9.03. The van der Waals surface area contributed by atoms with Crippen LogP contribution in [-0.2, 0) is 9.47 Å². The van der Waals surface area contributed by atoms with Gasteiger partial charge in [0.2, 0.25) is 0 Å². The molecule has 0 amide bonds. The molecule has 0 radical (unpaired) electrons. The molecule has 82 valence electrons. The number of esters is 1. The third-order valence-electron chi connectivity index (χ3n) is 2.03. The normalized spacial score (nSPS) is 9.87. The molecule has 0 saturated heterocycles. The van der Waals surface area contributed by atoms with E-state index in [4.69, 9.17) is 0 Å². The summed E-state index contributed by atoms with van der Waals surface area (Å²) < 4.78 is 10.1. The first-order valence-corrected chi connectivity index (χ1v) is 4.25. The van der Waals surface area contributed by atoms with Gasteiger partial charge in [-0.05, 0) is 13.8 Å². The lowest BCUT2D eigenvalue weighted by Gasteiger charge is -2.01. The molecule has 0 atom stereocenters. The van der Waals surface area contributed by atoms with E-state index in [2.05, 4.69) is 14.6 Å². The summed E-state index contributed by atoms with van der Waals surface area (Å²) in [6.45, 7) is 3.22. The summed E-state index contributed by atoms with van der Waals surface area (Å²) in [7, 11) is 2.52. The van der Waals surface area contributed by atoms with Crippen LogP contribution in [-0.4, -0.2) is 36.1 Å². The summed E-state index contributed by atoms with van der Waals surface area (Å²) in [5, 5.41) is 3.89. The lowest BCUT2D eigenvalue weighted by Crippen LogP contribution is -2.15. The third kappa shape index (κ3) is 1.83. The van der Waals surface area contributed by atoms with Crippen molar-refractivity contribution in [2.24, 2.45) is 0 Å². The maximum absolute atomic E-state index is 11.4. The molecule has 0 spiro atoms. The minimum absolute atomic E-state index is 0.294. The zero-order valence-corrected chi connectivity index (χ0v) is 9.03. The van der Waals surface area contributed by atoms with Gasteiger partial charge in [-0.1, -0.05) is 0 Å². The smallest absolute Gasteiger partial charge is 0.434 e. The minimum Gasteiger partial charge on any atom is -0.465 e. The van der Waals surface area contributed by atoms with Crippen molar-refractivity contribution >= 4 is 12.1 Å². The van der Waals surface area contributed by atoms with Gasteiger partial charge in [0.05, 0.1) is 25.6 Å². The fraction of sp³-hybridized carbons (Fsp3) is 0.444. The van der Waals surface area contributed by atoms with Crippen LogP contribution in [0.25, 0.3) is 0 Å². The average molecular weight is 212 g/mol. The molecule has 0 N–H and O–H groups in total. The van der Waals surface area contributed by atoms with Crippen molar-refractivity contribution in [2.45, 2.75) is 13.8 Å². The molecule has 0 fully saturated rings. The number of aromatic nitrogens is 2. The first-order valence-electron chi connectivity index (χ1n) is 4.25. The Bertz CT molecular complexity index is 408. The van der Waals surface area contributed by atoms with Gasteiger partial charge in [-0.15, -0.1) is 0 Å². The molecule has 1 heterocycles. The topological polar surface area (TPSA) is 70.4 Å². The van der Waals surface area contributed by atoms with E-state index in [1.807, 2.05) is 0 Å². The Morgan fingerprint density at radius 2 is 1.80 bits per heavy atom. The second kappa shape index (κ2) is 4.12. The van der Waals surface area contributed by atoms with E-state index in [0.29, 0.717) is 17.0 Å². The highest BCUT2D eigenvalue weighted by Crippen LogP contribution is 2.14. The zero-order chi connectivity index (χ0) is 11.6. The van der Waals surface area contributed by atoms with Gasteiger partial charge in [0.1, 0.15) is 5.56 Å². The van der Waals surface area contributed by atoms with Crippen molar-refractivity contribution in [2.75, 3.05) is 14.2 Å². The van der Waals surface area contributed by atoms with Crippen molar-refractivity contribution in [3.63, 3.8) is 0 Å². The number of carbonyl (C=O) groups is 2. The summed E-state index contributed by atoms with van der Waals surface area (Å²) >= 11 is 0.